The summed E-state index contributed by atoms with van der Waals surface area (Å²) in [5.41, 5.74) is 1.70. The Kier molecular flexibility index (Phi) is 9.74. The number of rotatable bonds is 9. The highest BCUT2D eigenvalue weighted by Crippen LogP contribution is 2.21. The fourth-order valence-electron chi connectivity index (χ4n) is 3.28. The number of amides is 3. The first-order valence-corrected chi connectivity index (χ1v) is 13.4. The lowest BCUT2D eigenvalue weighted by Gasteiger charge is -2.12. The lowest BCUT2D eigenvalue weighted by atomic mass is 10.1. The number of halogens is 2. The summed E-state index contributed by atoms with van der Waals surface area (Å²) in [4.78, 5) is 43.0. The number of benzene rings is 3. The van der Waals surface area contributed by atoms with Gasteiger partial charge in [0.25, 0.3) is 11.8 Å². The Bertz CT molecular complexity index is 1480. The average molecular weight is 577 g/mol. The Balaban J connectivity index is 1.39. The van der Waals surface area contributed by atoms with E-state index in [1.54, 1.807) is 97.1 Å². The van der Waals surface area contributed by atoms with Gasteiger partial charge in [-0.05, 0) is 72.3 Å². The predicted octanol–water partition coefficient (Wildman–Crippen LogP) is 6.53. The molecule has 0 aliphatic carbocycles. The summed E-state index contributed by atoms with van der Waals surface area (Å²) in [7, 11) is 0. The second kappa shape index (κ2) is 13.6. The summed E-state index contributed by atoms with van der Waals surface area (Å²) < 4.78 is 0. The maximum atomic E-state index is 13.2. The number of aromatic nitrogens is 1. The van der Waals surface area contributed by atoms with Crippen LogP contribution in [0.1, 0.15) is 15.9 Å². The van der Waals surface area contributed by atoms with Gasteiger partial charge in [-0.2, -0.15) is 0 Å². The van der Waals surface area contributed by atoms with E-state index in [4.69, 9.17) is 23.2 Å². The Labute approximate surface area is 239 Å². The van der Waals surface area contributed by atoms with Gasteiger partial charge in [-0.1, -0.05) is 53.5 Å². The molecule has 0 aliphatic heterocycles. The van der Waals surface area contributed by atoms with Crippen LogP contribution < -0.4 is 16.0 Å². The minimum absolute atomic E-state index is 0.0668. The van der Waals surface area contributed by atoms with Crippen LogP contribution in [-0.2, 0) is 9.59 Å². The van der Waals surface area contributed by atoms with Gasteiger partial charge in [-0.15, -0.1) is 11.8 Å². The van der Waals surface area contributed by atoms with Gasteiger partial charge >= 0.3 is 0 Å². The molecule has 7 nitrogen and oxygen atoms in total. The first-order chi connectivity index (χ1) is 18.9. The molecule has 0 bridgehead atoms. The molecule has 196 valence electrons. The van der Waals surface area contributed by atoms with Crippen molar-refractivity contribution in [3.63, 3.8) is 0 Å². The Morgan fingerprint density at radius 1 is 0.795 bits per heavy atom. The first kappa shape index (κ1) is 27.9. The van der Waals surface area contributed by atoms with Crippen molar-refractivity contribution < 1.29 is 14.4 Å². The fraction of sp³-hybridized carbons (Fsp3) is 0.0345. The maximum absolute atomic E-state index is 13.2. The molecule has 3 N–H and O–H groups in total. The highest BCUT2D eigenvalue weighted by molar-refractivity contribution is 8.00. The highest BCUT2D eigenvalue weighted by Gasteiger charge is 2.15. The SMILES string of the molecule is O=C(CSc1ccc(NC(=O)/C(=C/c2ccc(Cl)cc2)NC(=O)c2ccccc2)cc1)Nc1ccc(Cl)cn1. The van der Waals surface area contributed by atoms with E-state index in [1.807, 2.05) is 0 Å². The van der Waals surface area contributed by atoms with E-state index in [2.05, 4.69) is 20.9 Å². The van der Waals surface area contributed by atoms with Gasteiger partial charge in [-0.25, -0.2) is 4.98 Å². The van der Waals surface area contributed by atoms with Gasteiger partial charge in [0.15, 0.2) is 0 Å². The van der Waals surface area contributed by atoms with Crippen LogP contribution >= 0.6 is 35.0 Å². The molecular weight excluding hydrogens is 555 g/mol. The summed E-state index contributed by atoms with van der Waals surface area (Å²) >= 11 is 13.1. The number of carbonyl (C=O) groups excluding carboxylic acids is 3. The van der Waals surface area contributed by atoms with E-state index in [-0.39, 0.29) is 17.4 Å². The third kappa shape index (κ3) is 8.71. The molecule has 4 aromatic rings. The summed E-state index contributed by atoms with van der Waals surface area (Å²) in [6, 6.07) is 25.8. The first-order valence-electron chi connectivity index (χ1n) is 11.6. The monoisotopic (exact) mass is 576 g/mol. The maximum Gasteiger partial charge on any atom is 0.272 e. The molecule has 3 amide bonds. The zero-order valence-electron chi connectivity index (χ0n) is 20.4. The van der Waals surface area contributed by atoms with Crippen LogP contribution in [0.4, 0.5) is 11.5 Å². The summed E-state index contributed by atoms with van der Waals surface area (Å²) in [5, 5.41) is 9.25. The third-order valence-corrected chi connectivity index (χ3v) is 6.67. The molecule has 0 radical (unpaired) electrons. The van der Waals surface area contributed by atoms with Crippen molar-refractivity contribution in [1.82, 2.24) is 10.3 Å². The van der Waals surface area contributed by atoms with Crippen molar-refractivity contribution >= 4 is 70.3 Å². The number of carbonyl (C=O) groups is 3. The molecule has 39 heavy (non-hydrogen) atoms. The molecule has 0 fully saturated rings. The number of nitrogens with one attached hydrogen (secondary N) is 3. The van der Waals surface area contributed by atoms with Crippen LogP contribution in [-0.4, -0.2) is 28.5 Å². The van der Waals surface area contributed by atoms with Crippen LogP contribution in [0, 0.1) is 0 Å². The number of hydrogen-bond acceptors (Lipinski definition) is 5. The molecule has 0 saturated carbocycles. The van der Waals surface area contributed by atoms with E-state index >= 15 is 0 Å². The van der Waals surface area contributed by atoms with E-state index in [0.29, 0.717) is 32.7 Å². The Morgan fingerprint density at radius 3 is 2.15 bits per heavy atom. The lowest BCUT2D eigenvalue weighted by Crippen LogP contribution is -2.30. The van der Waals surface area contributed by atoms with Crippen LogP contribution in [0.15, 0.2) is 108 Å². The van der Waals surface area contributed by atoms with Gasteiger partial charge in [0.2, 0.25) is 5.91 Å². The van der Waals surface area contributed by atoms with Gasteiger partial charge in [0.1, 0.15) is 11.5 Å². The Hall–Kier alpha value is -4.11. The second-order valence-electron chi connectivity index (χ2n) is 8.11. The molecule has 0 atom stereocenters. The summed E-state index contributed by atoms with van der Waals surface area (Å²) in [6.45, 7) is 0. The fourth-order valence-corrected chi connectivity index (χ4v) is 4.21. The molecule has 0 unspecified atom stereocenters. The smallest absolute Gasteiger partial charge is 0.272 e. The van der Waals surface area contributed by atoms with Crippen LogP contribution in [0.5, 0.6) is 0 Å². The van der Waals surface area contributed by atoms with Crippen molar-refractivity contribution in [1.29, 1.82) is 0 Å². The quantitative estimate of drug-likeness (QED) is 0.155. The molecular formula is C29H22Cl2N4O3S. The lowest BCUT2D eigenvalue weighted by molar-refractivity contribution is -0.114. The normalized spacial score (nSPS) is 11.0. The largest absolute Gasteiger partial charge is 0.321 e. The van der Waals surface area contributed by atoms with Crippen molar-refractivity contribution in [3.05, 3.63) is 124 Å². The van der Waals surface area contributed by atoms with Crippen LogP contribution in [0.2, 0.25) is 10.0 Å². The molecule has 0 saturated heterocycles. The summed E-state index contributed by atoms with van der Waals surface area (Å²) in [5.74, 6) is -0.521. The molecule has 10 heteroatoms. The predicted molar refractivity (Wildman–Crippen MR) is 157 cm³/mol. The zero-order valence-corrected chi connectivity index (χ0v) is 22.7. The highest BCUT2D eigenvalue weighted by atomic mass is 35.5. The Morgan fingerprint density at radius 2 is 1.49 bits per heavy atom. The van der Waals surface area contributed by atoms with Crippen LogP contribution in [0.3, 0.4) is 0 Å². The molecule has 0 aliphatic rings. The van der Waals surface area contributed by atoms with Crippen molar-refractivity contribution in [3.8, 4) is 0 Å². The average Bonchev–Trinajstić information content (AvgIpc) is 2.95. The van der Waals surface area contributed by atoms with E-state index < -0.39 is 11.8 Å². The van der Waals surface area contributed by atoms with Crippen molar-refractivity contribution in [2.24, 2.45) is 0 Å². The zero-order chi connectivity index (χ0) is 27.6. The van der Waals surface area contributed by atoms with Gasteiger partial charge in [-0.3, -0.25) is 14.4 Å². The number of hydrogen-bond donors (Lipinski definition) is 3. The van der Waals surface area contributed by atoms with E-state index in [1.165, 1.54) is 18.0 Å². The molecule has 4 rings (SSSR count). The second-order valence-corrected chi connectivity index (χ2v) is 10.0. The van der Waals surface area contributed by atoms with E-state index in [0.717, 1.165) is 4.90 Å². The number of pyridine rings is 1. The van der Waals surface area contributed by atoms with Crippen molar-refractivity contribution in [2.75, 3.05) is 16.4 Å². The number of nitrogens with zero attached hydrogens (tertiary/aromatic N) is 1. The van der Waals surface area contributed by atoms with E-state index in [9.17, 15) is 14.4 Å². The van der Waals surface area contributed by atoms with Crippen LogP contribution in [0.25, 0.3) is 6.08 Å². The molecule has 1 heterocycles. The van der Waals surface area contributed by atoms with Crippen molar-refractivity contribution in [2.45, 2.75) is 4.90 Å². The van der Waals surface area contributed by atoms with Gasteiger partial charge in [0.05, 0.1) is 10.8 Å². The molecule has 3 aromatic carbocycles. The minimum atomic E-state index is -0.496. The number of thioether (sulfide) groups is 1. The van der Waals surface area contributed by atoms with Gasteiger partial charge < -0.3 is 16.0 Å². The topological polar surface area (TPSA) is 100 Å². The molecule has 0 spiro atoms. The minimum Gasteiger partial charge on any atom is -0.321 e. The summed E-state index contributed by atoms with van der Waals surface area (Å²) in [6.07, 6.45) is 3.03. The van der Waals surface area contributed by atoms with Gasteiger partial charge in [0, 0.05) is 27.4 Å². The standard InChI is InChI=1S/C29H22Cl2N4O3S/c30-21-8-6-19(7-9-21)16-25(34-28(37)20-4-2-1-3-5-20)29(38)33-23-11-13-24(14-12-23)39-18-27(36)35-26-15-10-22(31)17-32-26/h1-17H,18H2,(H,33,38)(H,34,37)(H,32,35,36)/b25-16-. The number of anilines is 2. The molecule has 1 aromatic heterocycles. The third-order valence-electron chi connectivity index (χ3n) is 5.19.